The maximum Gasteiger partial charge on any atom is 0.127 e. The minimum atomic E-state index is -0.414. The number of phenols is 1. The molecule has 0 atom stereocenters. The Morgan fingerprint density at radius 3 is 2.89 bits per heavy atom. The van der Waals surface area contributed by atoms with Gasteiger partial charge < -0.3 is 10.4 Å². The SMILES string of the molecule is Cc1csc(CCNCc2cc(O)cc(F)c2)n1. The number of rotatable bonds is 5. The van der Waals surface area contributed by atoms with Crippen LogP contribution in [0, 0.1) is 12.7 Å². The number of nitrogens with one attached hydrogen (secondary N) is 1. The van der Waals surface area contributed by atoms with Crippen molar-refractivity contribution < 1.29 is 9.50 Å². The average molecular weight is 266 g/mol. The van der Waals surface area contributed by atoms with Crippen molar-refractivity contribution in [3.63, 3.8) is 0 Å². The summed E-state index contributed by atoms with van der Waals surface area (Å²) >= 11 is 1.65. The third-order valence-electron chi connectivity index (χ3n) is 2.45. The lowest BCUT2D eigenvalue weighted by Crippen LogP contribution is -2.16. The Morgan fingerprint density at radius 2 is 2.22 bits per heavy atom. The predicted octanol–water partition coefficient (Wildman–Crippen LogP) is 2.63. The molecule has 0 saturated carbocycles. The minimum absolute atomic E-state index is 0.0395. The highest BCUT2D eigenvalue weighted by Gasteiger charge is 2.01. The van der Waals surface area contributed by atoms with Gasteiger partial charge in [0.2, 0.25) is 0 Å². The quantitative estimate of drug-likeness (QED) is 0.818. The third-order valence-corrected chi connectivity index (χ3v) is 3.48. The standard InChI is InChI=1S/C13H15FN2OS/c1-9-8-18-13(16-9)2-3-15-7-10-4-11(14)6-12(17)5-10/h4-6,8,15,17H,2-3,7H2,1H3. The number of halogens is 1. The lowest BCUT2D eigenvalue weighted by Gasteiger charge is -2.04. The van der Waals surface area contributed by atoms with Crippen LogP contribution in [-0.2, 0) is 13.0 Å². The van der Waals surface area contributed by atoms with E-state index in [0.717, 1.165) is 35.3 Å². The van der Waals surface area contributed by atoms with Crippen LogP contribution in [-0.4, -0.2) is 16.6 Å². The first kappa shape index (κ1) is 13.0. The van der Waals surface area contributed by atoms with Crippen LogP contribution in [0.4, 0.5) is 4.39 Å². The van der Waals surface area contributed by atoms with Gasteiger partial charge in [0.25, 0.3) is 0 Å². The highest BCUT2D eigenvalue weighted by Crippen LogP contribution is 2.14. The molecule has 0 bridgehead atoms. The van der Waals surface area contributed by atoms with Crippen LogP contribution in [0.1, 0.15) is 16.3 Å². The second-order valence-electron chi connectivity index (χ2n) is 4.13. The van der Waals surface area contributed by atoms with Crippen LogP contribution in [0.25, 0.3) is 0 Å². The van der Waals surface area contributed by atoms with Gasteiger partial charge in [-0.3, -0.25) is 0 Å². The van der Waals surface area contributed by atoms with E-state index in [0.29, 0.717) is 6.54 Å². The number of hydrogen-bond donors (Lipinski definition) is 2. The number of benzene rings is 1. The molecule has 2 N–H and O–H groups in total. The van der Waals surface area contributed by atoms with Gasteiger partial charge in [-0.1, -0.05) is 0 Å². The first-order valence-corrected chi connectivity index (χ1v) is 6.61. The van der Waals surface area contributed by atoms with Crippen molar-refractivity contribution in [1.29, 1.82) is 0 Å². The molecule has 0 radical (unpaired) electrons. The van der Waals surface area contributed by atoms with E-state index in [2.05, 4.69) is 10.3 Å². The molecule has 0 unspecified atom stereocenters. The molecular weight excluding hydrogens is 251 g/mol. The van der Waals surface area contributed by atoms with E-state index >= 15 is 0 Å². The fraction of sp³-hybridized carbons (Fsp3) is 0.308. The van der Waals surface area contributed by atoms with Crippen LogP contribution >= 0.6 is 11.3 Å². The summed E-state index contributed by atoms with van der Waals surface area (Å²) in [7, 11) is 0. The highest BCUT2D eigenvalue weighted by molar-refractivity contribution is 7.09. The lowest BCUT2D eigenvalue weighted by atomic mass is 10.2. The summed E-state index contributed by atoms with van der Waals surface area (Å²) in [6.07, 6.45) is 0.861. The summed E-state index contributed by atoms with van der Waals surface area (Å²) in [5.74, 6) is -0.454. The average Bonchev–Trinajstić information content (AvgIpc) is 2.69. The first-order chi connectivity index (χ1) is 8.63. The van der Waals surface area contributed by atoms with Gasteiger partial charge in [0, 0.05) is 36.7 Å². The van der Waals surface area contributed by atoms with Gasteiger partial charge in [-0.15, -0.1) is 11.3 Å². The van der Waals surface area contributed by atoms with Crippen molar-refractivity contribution in [2.45, 2.75) is 19.9 Å². The number of phenolic OH excluding ortho intramolecular Hbond substituents is 1. The van der Waals surface area contributed by atoms with Gasteiger partial charge >= 0.3 is 0 Å². The molecule has 3 nitrogen and oxygen atoms in total. The van der Waals surface area contributed by atoms with Gasteiger partial charge in [0.1, 0.15) is 11.6 Å². The van der Waals surface area contributed by atoms with Crippen LogP contribution in [0.5, 0.6) is 5.75 Å². The zero-order valence-electron chi connectivity index (χ0n) is 10.1. The maximum absolute atomic E-state index is 13.0. The summed E-state index contributed by atoms with van der Waals surface area (Å²) in [4.78, 5) is 4.36. The summed E-state index contributed by atoms with van der Waals surface area (Å²) in [5, 5.41) is 15.6. The Balaban J connectivity index is 1.78. The highest BCUT2D eigenvalue weighted by atomic mass is 32.1. The number of aromatic nitrogens is 1. The summed E-state index contributed by atoms with van der Waals surface area (Å²) in [5.41, 5.74) is 1.79. The Labute approximate surface area is 109 Å². The zero-order valence-corrected chi connectivity index (χ0v) is 10.9. The molecule has 0 amide bonds. The minimum Gasteiger partial charge on any atom is -0.508 e. The topological polar surface area (TPSA) is 45.1 Å². The number of hydrogen-bond acceptors (Lipinski definition) is 4. The largest absolute Gasteiger partial charge is 0.508 e. The molecule has 5 heteroatoms. The second kappa shape index (κ2) is 5.93. The van der Waals surface area contributed by atoms with E-state index in [-0.39, 0.29) is 5.75 Å². The van der Waals surface area contributed by atoms with Crippen LogP contribution in [0.3, 0.4) is 0 Å². The van der Waals surface area contributed by atoms with E-state index in [4.69, 9.17) is 0 Å². The van der Waals surface area contributed by atoms with Crippen molar-refractivity contribution in [2.24, 2.45) is 0 Å². The van der Waals surface area contributed by atoms with E-state index in [1.165, 1.54) is 6.07 Å². The van der Waals surface area contributed by atoms with Crippen molar-refractivity contribution >= 4 is 11.3 Å². The van der Waals surface area contributed by atoms with Crippen LogP contribution in [0.15, 0.2) is 23.6 Å². The normalized spacial score (nSPS) is 10.8. The molecule has 0 aliphatic carbocycles. The van der Waals surface area contributed by atoms with Gasteiger partial charge in [-0.2, -0.15) is 0 Å². The molecule has 18 heavy (non-hydrogen) atoms. The Kier molecular flexibility index (Phi) is 4.28. The first-order valence-electron chi connectivity index (χ1n) is 5.73. The molecule has 0 aliphatic heterocycles. The van der Waals surface area contributed by atoms with E-state index < -0.39 is 5.82 Å². The number of nitrogens with zero attached hydrogens (tertiary/aromatic N) is 1. The summed E-state index contributed by atoms with van der Waals surface area (Å²) < 4.78 is 13.0. The van der Waals surface area contributed by atoms with E-state index in [9.17, 15) is 9.50 Å². The number of aryl methyl sites for hydroxylation is 1. The van der Waals surface area contributed by atoms with Crippen molar-refractivity contribution in [1.82, 2.24) is 10.3 Å². The Hall–Kier alpha value is -1.46. The molecule has 0 fully saturated rings. The fourth-order valence-electron chi connectivity index (χ4n) is 1.68. The van der Waals surface area contributed by atoms with E-state index in [1.807, 2.05) is 12.3 Å². The summed E-state index contributed by atoms with van der Waals surface area (Å²) in [6, 6.07) is 4.08. The number of aromatic hydroxyl groups is 1. The fourth-order valence-corrected chi connectivity index (χ4v) is 2.46. The maximum atomic E-state index is 13.0. The molecule has 1 aromatic heterocycles. The molecule has 0 spiro atoms. The molecule has 96 valence electrons. The third kappa shape index (κ3) is 3.78. The smallest absolute Gasteiger partial charge is 0.127 e. The Bertz CT molecular complexity index is 507. The van der Waals surface area contributed by atoms with Gasteiger partial charge in [0.15, 0.2) is 0 Å². The van der Waals surface area contributed by atoms with E-state index in [1.54, 1.807) is 17.4 Å². The van der Waals surface area contributed by atoms with Gasteiger partial charge in [0.05, 0.1) is 5.01 Å². The molecule has 1 aromatic carbocycles. The molecule has 1 heterocycles. The molecule has 2 rings (SSSR count). The molecule has 2 aromatic rings. The van der Waals surface area contributed by atoms with Gasteiger partial charge in [-0.05, 0) is 24.6 Å². The molecule has 0 saturated heterocycles. The number of thiazole rings is 1. The van der Waals surface area contributed by atoms with Crippen molar-refractivity contribution in [3.8, 4) is 5.75 Å². The summed E-state index contributed by atoms with van der Waals surface area (Å²) in [6.45, 7) is 3.29. The van der Waals surface area contributed by atoms with Gasteiger partial charge in [-0.25, -0.2) is 9.37 Å². The molecular formula is C13H15FN2OS. The molecule has 0 aliphatic rings. The predicted molar refractivity (Wildman–Crippen MR) is 70.3 cm³/mol. The van der Waals surface area contributed by atoms with Crippen molar-refractivity contribution in [3.05, 3.63) is 45.7 Å². The van der Waals surface area contributed by atoms with Crippen LogP contribution in [0.2, 0.25) is 0 Å². The Morgan fingerprint density at radius 1 is 1.39 bits per heavy atom. The zero-order chi connectivity index (χ0) is 13.0. The van der Waals surface area contributed by atoms with Crippen molar-refractivity contribution in [2.75, 3.05) is 6.54 Å². The second-order valence-corrected chi connectivity index (χ2v) is 5.07. The lowest BCUT2D eigenvalue weighted by molar-refractivity contribution is 0.467. The van der Waals surface area contributed by atoms with Crippen LogP contribution < -0.4 is 5.32 Å². The monoisotopic (exact) mass is 266 g/mol.